The molecule has 0 saturated heterocycles. The summed E-state index contributed by atoms with van der Waals surface area (Å²) in [7, 11) is 3.50. The number of hydrogen-bond acceptors (Lipinski definition) is 5. The Balaban J connectivity index is 1.98. The van der Waals surface area contributed by atoms with Crippen LogP contribution in [0.4, 0.5) is 5.69 Å². The maximum atomic E-state index is 12.8. The van der Waals surface area contributed by atoms with Crippen LogP contribution in [0.5, 0.6) is 5.75 Å². The lowest BCUT2D eigenvalue weighted by Gasteiger charge is -2.30. The molecule has 0 aliphatic carbocycles. The third-order valence-corrected chi connectivity index (χ3v) is 4.73. The number of carbonyl (C=O) groups is 1. The number of Topliss-reactive ketones (excluding diaryl/α,β-unsaturated/α-hetero) is 1. The monoisotopic (exact) mass is 361 g/mol. The van der Waals surface area contributed by atoms with Gasteiger partial charge in [-0.1, -0.05) is 12.1 Å². The zero-order valence-electron chi connectivity index (χ0n) is 16.1. The van der Waals surface area contributed by atoms with Crippen LogP contribution in [-0.2, 0) is 6.42 Å². The van der Waals surface area contributed by atoms with Gasteiger partial charge in [-0.3, -0.25) is 9.79 Å². The van der Waals surface area contributed by atoms with Crippen molar-refractivity contribution in [1.29, 1.82) is 5.26 Å². The molecule has 1 N–H and O–H groups in total. The minimum Gasteiger partial charge on any atom is -0.495 e. The van der Waals surface area contributed by atoms with Crippen LogP contribution in [0.1, 0.15) is 47.3 Å². The maximum absolute atomic E-state index is 12.8. The number of nitriles is 1. The van der Waals surface area contributed by atoms with Gasteiger partial charge in [0.1, 0.15) is 5.75 Å². The lowest BCUT2D eigenvalue weighted by molar-refractivity contribution is 0.100. The SMILES string of the molecule is CNc1cc2c(cc1OC)CC(C)(C)N=C2CC(=O)c1ccc(C#N)cc1. The van der Waals surface area contributed by atoms with E-state index in [1.54, 1.807) is 31.4 Å². The largest absolute Gasteiger partial charge is 0.495 e. The van der Waals surface area contributed by atoms with Crippen LogP contribution in [0, 0.1) is 11.3 Å². The van der Waals surface area contributed by atoms with Crippen molar-refractivity contribution in [3.63, 3.8) is 0 Å². The molecule has 2 aromatic carbocycles. The van der Waals surface area contributed by atoms with Crippen LogP contribution >= 0.6 is 0 Å². The topological polar surface area (TPSA) is 74.5 Å². The Morgan fingerprint density at radius 3 is 2.59 bits per heavy atom. The van der Waals surface area contributed by atoms with Gasteiger partial charge >= 0.3 is 0 Å². The highest BCUT2D eigenvalue weighted by Crippen LogP contribution is 2.35. The predicted molar refractivity (Wildman–Crippen MR) is 107 cm³/mol. The molecule has 1 aliphatic heterocycles. The van der Waals surface area contributed by atoms with E-state index in [1.807, 2.05) is 19.2 Å². The second-order valence-corrected chi connectivity index (χ2v) is 7.30. The summed E-state index contributed by atoms with van der Waals surface area (Å²) in [6.45, 7) is 4.14. The van der Waals surface area contributed by atoms with Gasteiger partial charge in [-0.25, -0.2) is 0 Å². The summed E-state index contributed by atoms with van der Waals surface area (Å²) in [4.78, 5) is 17.7. The fourth-order valence-corrected chi connectivity index (χ4v) is 3.45. The molecule has 2 aromatic rings. The molecule has 1 heterocycles. The maximum Gasteiger partial charge on any atom is 0.168 e. The summed E-state index contributed by atoms with van der Waals surface area (Å²) >= 11 is 0. The first kappa shape index (κ1) is 18.7. The zero-order chi connectivity index (χ0) is 19.6. The second-order valence-electron chi connectivity index (χ2n) is 7.30. The van der Waals surface area contributed by atoms with Gasteiger partial charge in [-0.2, -0.15) is 5.26 Å². The van der Waals surface area contributed by atoms with Gasteiger partial charge in [0, 0.05) is 18.2 Å². The number of rotatable bonds is 5. The summed E-state index contributed by atoms with van der Waals surface area (Å²) in [6.07, 6.45) is 1.01. The van der Waals surface area contributed by atoms with Crippen LogP contribution in [0.2, 0.25) is 0 Å². The molecule has 0 radical (unpaired) electrons. The Morgan fingerprint density at radius 2 is 2.00 bits per heavy atom. The number of benzene rings is 2. The Labute approximate surface area is 159 Å². The van der Waals surface area contributed by atoms with E-state index in [1.165, 1.54) is 0 Å². The molecule has 0 unspecified atom stereocenters. The van der Waals surface area contributed by atoms with Gasteiger partial charge < -0.3 is 10.1 Å². The normalized spacial score (nSPS) is 14.6. The number of aliphatic imine (C=N–C) groups is 1. The summed E-state index contributed by atoms with van der Waals surface area (Å²) in [5.41, 5.74) is 4.63. The third-order valence-electron chi connectivity index (χ3n) is 4.73. The number of fused-ring (bicyclic) bond motifs is 1. The number of nitrogens with one attached hydrogen (secondary N) is 1. The molecular formula is C22H23N3O2. The molecule has 138 valence electrons. The van der Waals surface area contributed by atoms with Gasteiger partial charge in [0.2, 0.25) is 0 Å². The van der Waals surface area contributed by atoms with E-state index < -0.39 is 0 Å². The molecular weight excluding hydrogens is 338 g/mol. The molecule has 5 heteroatoms. The lowest BCUT2D eigenvalue weighted by Crippen LogP contribution is -2.30. The summed E-state index contributed by atoms with van der Waals surface area (Å²) in [6, 6.07) is 12.8. The number of methoxy groups -OCH3 is 1. The summed E-state index contributed by atoms with van der Waals surface area (Å²) in [5, 5.41) is 12.1. The third kappa shape index (κ3) is 3.85. The van der Waals surface area contributed by atoms with Crippen molar-refractivity contribution >= 4 is 17.2 Å². The number of carbonyl (C=O) groups excluding carboxylic acids is 1. The molecule has 5 nitrogen and oxygen atoms in total. The van der Waals surface area contributed by atoms with Crippen LogP contribution in [0.25, 0.3) is 0 Å². The van der Waals surface area contributed by atoms with Crippen LogP contribution < -0.4 is 10.1 Å². The average molecular weight is 361 g/mol. The van der Waals surface area contributed by atoms with Crippen molar-refractivity contribution < 1.29 is 9.53 Å². The minimum absolute atomic E-state index is 0.0104. The standard InChI is InChI=1S/C22H23N3O2/c1-22(2)12-16-9-21(27-4)19(24-3)10-17(16)18(25-22)11-20(26)15-7-5-14(13-23)6-8-15/h5-10,24H,11-12H2,1-4H3. The highest BCUT2D eigenvalue weighted by atomic mass is 16.5. The smallest absolute Gasteiger partial charge is 0.168 e. The van der Waals surface area contributed by atoms with E-state index in [9.17, 15) is 4.79 Å². The van der Waals surface area contributed by atoms with E-state index in [0.29, 0.717) is 11.1 Å². The Hall–Kier alpha value is -3.13. The van der Waals surface area contributed by atoms with E-state index in [0.717, 1.165) is 34.7 Å². The van der Waals surface area contributed by atoms with Gasteiger partial charge in [-0.05, 0) is 50.1 Å². The quantitative estimate of drug-likeness (QED) is 0.817. The van der Waals surface area contributed by atoms with Crippen molar-refractivity contribution in [2.75, 3.05) is 19.5 Å². The molecule has 0 bridgehead atoms. The first-order valence-electron chi connectivity index (χ1n) is 8.88. The van der Waals surface area contributed by atoms with Crippen LogP contribution in [0.3, 0.4) is 0 Å². The molecule has 0 spiro atoms. The van der Waals surface area contributed by atoms with Crippen molar-refractivity contribution in [2.45, 2.75) is 32.2 Å². The second kappa shape index (κ2) is 7.24. The highest BCUT2D eigenvalue weighted by molar-refractivity contribution is 6.17. The Bertz CT molecular complexity index is 951. The van der Waals surface area contributed by atoms with E-state index in [2.05, 4.69) is 25.2 Å². The zero-order valence-corrected chi connectivity index (χ0v) is 16.1. The lowest BCUT2D eigenvalue weighted by atomic mass is 9.84. The molecule has 1 aliphatic rings. The minimum atomic E-state index is -0.278. The van der Waals surface area contributed by atoms with Crippen molar-refractivity contribution in [3.05, 3.63) is 58.7 Å². The summed E-state index contributed by atoms with van der Waals surface area (Å²) in [5.74, 6) is 0.774. The molecule has 0 atom stereocenters. The average Bonchev–Trinajstić information content (AvgIpc) is 2.66. The van der Waals surface area contributed by atoms with E-state index in [4.69, 9.17) is 15.0 Å². The van der Waals surface area contributed by atoms with Crippen LogP contribution in [0.15, 0.2) is 41.4 Å². The van der Waals surface area contributed by atoms with Crippen molar-refractivity contribution in [1.82, 2.24) is 0 Å². The first-order chi connectivity index (χ1) is 12.9. The van der Waals surface area contributed by atoms with Gasteiger partial charge in [0.05, 0.1) is 42.1 Å². The predicted octanol–water partition coefficient (Wildman–Crippen LogP) is 4.01. The molecule has 27 heavy (non-hydrogen) atoms. The Kier molecular flexibility index (Phi) is 5.00. The van der Waals surface area contributed by atoms with Crippen molar-refractivity contribution in [3.8, 4) is 11.8 Å². The first-order valence-corrected chi connectivity index (χ1v) is 8.88. The fraction of sp³-hybridized carbons (Fsp3) is 0.318. The number of ether oxygens (including phenoxy) is 1. The highest BCUT2D eigenvalue weighted by Gasteiger charge is 2.29. The molecule has 0 fully saturated rings. The van der Waals surface area contributed by atoms with Gasteiger partial charge in [-0.15, -0.1) is 0 Å². The molecule has 3 rings (SSSR count). The van der Waals surface area contributed by atoms with Crippen molar-refractivity contribution in [2.24, 2.45) is 4.99 Å². The summed E-state index contributed by atoms with van der Waals surface area (Å²) < 4.78 is 5.48. The van der Waals surface area contributed by atoms with E-state index >= 15 is 0 Å². The number of ketones is 1. The Morgan fingerprint density at radius 1 is 1.30 bits per heavy atom. The van der Waals surface area contributed by atoms with E-state index in [-0.39, 0.29) is 17.7 Å². The van der Waals surface area contributed by atoms with Gasteiger partial charge in [0.15, 0.2) is 5.78 Å². The van der Waals surface area contributed by atoms with Gasteiger partial charge in [0.25, 0.3) is 0 Å². The molecule has 0 amide bonds. The fourth-order valence-electron chi connectivity index (χ4n) is 3.45. The molecule has 0 aromatic heterocycles. The number of hydrogen-bond donors (Lipinski definition) is 1. The van der Waals surface area contributed by atoms with Crippen LogP contribution in [-0.4, -0.2) is 31.2 Å². The molecule has 0 saturated carbocycles. The number of anilines is 1. The number of nitrogens with zero attached hydrogens (tertiary/aromatic N) is 2.